The maximum atomic E-state index is 11.5. The molecule has 2 N–H and O–H groups in total. The van der Waals surface area contributed by atoms with Crippen molar-refractivity contribution in [2.45, 2.75) is 13.3 Å². The second kappa shape index (κ2) is 6.95. The van der Waals surface area contributed by atoms with Gasteiger partial charge in [-0.15, -0.1) is 0 Å². The molecular weight excluding hydrogens is 238 g/mol. The summed E-state index contributed by atoms with van der Waals surface area (Å²) in [6, 6.07) is -0.494. The van der Waals surface area contributed by atoms with Crippen LogP contribution >= 0.6 is 0 Å². The first-order chi connectivity index (χ1) is 8.56. The molecule has 1 aliphatic rings. The van der Waals surface area contributed by atoms with E-state index >= 15 is 0 Å². The number of rotatable bonds is 4. The van der Waals surface area contributed by atoms with E-state index in [4.69, 9.17) is 0 Å². The van der Waals surface area contributed by atoms with Crippen molar-refractivity contribution < 1.29 is 19.1 Å². The van der Waals surface area contributed by atoms with Gasteiger partial charge in [0, 0.05) is 13.1 Å². The minimum atomic E-state index is -0.494. The van der Waals surface area contributed by atoms with Crippen molar-refractivity contribution in [2.24, 2.45) is 5.92 Å². The average Bonchev–Trinajstić information content (AvgIpc) is 2.76. The van der Waals surface area contributed by atoms with Gasteiger partial charge in [-0.05, 0) is 19.9 Å². The van der Waals surface area contributed by atoms with Crippen LogP contribution in [-0.2, 0) is 14.3 Å². The summed E-state index contributed by atoms with van der Waals surface area (Å²) in [6.45, 7) is 3.50. The lowest BCUT2D eigenvalue weighted by molar-refractivity contribution is -0.145. The molecule has 1 aliphatic heterocycles. The lowest BCUT2D eigenvalue weighted by atomic mass is 10.1. The summed E-state index contributed by atoms with van der Waals surface area (Å²) >= 11 is 0. The number of methoxy groups -OCH3 is 1. The van der Waals surface area contributed by atoms with Gasteiger partial charge < -0.3 is 10.1 Å². The van der Waals surface area contributed by atoms with Crippen LogP contribution in [0.1, 0.15) is 13.3 Å². The first kappa shape index (κ1) is 14.4. The molecule has 1 saturated heterocycles. The van der Waals surface area contributed by atoms with E-state index in [0.717, 1.165) is 0 Å². The quantitative estimate of drug-likeness (QED) is 0.652. The molecule has 0 saturated carbocycles. The summed E-state index contributed by atoms with van der Waals surface area (Å²) in [7, 11) is 1.35. The Morgan fingerprint density at radius 2 is 2.11 bits per heavy atom. The highest BCUT2D eigenvalue weighted by Crippen LogP contribution is 2.16. The zero-order valence-corrected chi connectivity index (χ0v) is 10.7. The molecule has 3 amide bonds. The largest absolute Gasteiger partial charge is 0.469 e. The Bertz CT molecular complexity index is 332. The number of likely N-dealkylation sites (tertiary alicyclic amines) is 1. The maximum absolute atomic E-state index is 11.5. The molecule has 1 atom stereocenters. The smallest absolute Gasteiger partial charge is 0.321 e. The third-order valence-corrected chi connectivity index (χ3v) is 2.76. The van der Waals surface area contributed by atoms with E-state index in [1.165, 1.54) is 7.11 Å². The molecule has 1 fully saturated rings. The van der Waals surface area contributed by atoms with Crippen LogP contribution in [0.2, 0.25) is 0 Å². The summed E-state index contributed by atoms with van der Waals surface area (Å²) in [5.74, 6) is -0.791. The molecular formula is C11H19N3O4. The molecule has 0 aromatic rings. The third-order valence-electron chi connectivity index (χ3n) is 2.76. The first-order valence-electron chi connectivity index (χ1n) is 5.94. The van der Waals surface area contributed by atoms with Crippen LogP contribution in [0.15, 0.2) is 0 Å². The summed E-state index contributed by atoms with van der Waals surface area (Å²) in [6.07, 6.45) is 0.682. The second-order valence-electron chi connectivity index (χ2n) is 4.15. The average molecular weight is 257 g/mol. The second-order valence-corrected chi connectivity index (χ2v) is 4.15. The van der Waals surface area contributed by atoms with Gasteiger partial charge in [0.15, 0.2) is 0 Å². The number of nitrogens with one attached hydrogen (secondary N) is 2. The van der Waals surface area contributed by atoms with Gasteiger partial charge in [-0.2, -0.15) is 0 Å². The van der Waals surface area contributed by atoms with Gasteiger partial charge in [-0.3, -0.25) is 19.8 Å². The monoisotopic (exact) mass is 257 g/mol. The first-order valence-corrected chi connectivity index (χ1v) is 5.94. The van der Waals surface area contributed by atoms with Gasteiger partial charge >= 0.3 is 12.0 Å². The molecule has 0 spiro atoms. The van der Waals surface area contributed by atoms with Crippen LogP contribution < -0.4 is 10.6 Å². The van der Waals surface area contributed by atoms with E-state index in [-0.39, 0.29) is 24.3 Å². The van der Waals surface area contributed by atoms with Crippen LogP contribution in [-0.4, -0.2) is 56.1 Å². The number of carbonyl (C=O) groups excluding carboxylic acids is 3. The van der Waals surface area contributed by atoms with Crippen molar-refractivity contribution in [3.63, 3.8) is 0 Å². The van der Waals surface area contributed by atoms with Crippen LogP contribution in [0.25, 0.3) is 0 Å². The molecule has 7 nitrogen and oxygen atoms in total. The van der Waals surface area contributed by atoms with Gasteiger partial charge in [0.25, 0.3) is 0 Å². The van der Waals surface area contributed by atoms with Crippen molar-refractivity contribution in [1.29, 1.82) is 0 Å². The van der Waals surface area contributed by atoms with Gasteiger partial charge in [0.05, 0.1) is 19.6 Å². The Hall–Kier alpha value is -1.63. The number of hydrogen-bond acceptors (Lipinski definition) is 5. The predicted octanol–water partition coefficient (Wildman–Crippen LogP) is -0.673. The van der Waals surface area contributed by atoms with Gasteiger partial charge in [0.2, 0.25) is 5.91 Å². The molecule has 1 heterocycles. The van der Waals surface area contributed by atoms with Crippen molar-refractivity contribution >= 4 is 17.9 Å². The van der Waals surface area contributed by atoms with Crippen molar-refractivity contribution in [1.82, 2.24) is 15.5 Å². The number of carbonyl (C=O) groups is 3. The molecule has 18 heavy (non-hydrogen) atoms. The highest BCUT2D eigenvalue weighted by Gasteiger charge is 2.29. The van der Waals surface area contributed by atoms with E-state index < -0.39 is 6.03 Å². The van der Waals surface area contributed by atoms with Gasteiger partial charge in [-0.25, -0.2) is 4.79 Å². The Labute approximate surface area is 106 Å². The number of urea groups is 1. The Balaban J connectivity index is 2.30. The third kappa shape index (κ3) is 4.33. The SMILES string of the molecule is CCNC(=O)NC(=O)CN1CCC(C(=O)OC)C1. The van der Waals surface area contributed by atoms with Crippen molar-refractivity contribution in [3.05, 3.63) is 0 Å². The molecule has 0 aromatic heterocycles. The number of imide groups is 1. The van der Waals surface area contributed by atoms with E-state index in [0.29, 0.717) is 26.1 Å². The highest BCUT2D eigenvalue weighted by molar-refractivity contribution is 5.95. The zero-order valence-electron chi connectivity index (χ0n) is 10.7. The molecule has 102 valence electrons. The topological polar surface area (TPSA) is 87.7 Å². The number of amides is 3. The lowest BCUT2D eigenvalue weighted by Crippen LogP contribution is -2.44. The molecule has 1 rings (SSSR count). The van der Waals surface area contributed by atoms with E-state index in [2.05, 4.69) is 15.4 Å². The minimum Gasteiger partial charge on any atom is -0.469 e. The Morgan fingerprint density at radius 1 is 1.39 bits per heavy atom. The van der Waals surface area contributed by atoms with E-state index in [1.807, 2.05) is 4.90 Å². The van der Waals surface area contributed by atoms with Crippen LogP contribution in [0.3, 0.4) is 0 Å². The summed E-state index contributed by atoms with van der Waals surface area (Å²) in [5, 5.41) is 4.69. The highest BCUT2D eigenvalue weighted by atomic mass is 16.5. The number of ether oxygens (including phenoxy) is 1. The van der Waals surface area contributed by atoms with Crippen molar-refractivity contribution in [2.75, 3.05) is 33.3 Å². The molecule has 0 radical (unpaired) electrons. The fraction of sp³-hybridized carbons (Fsp3) is 0.727. The molecule has 0 aliphatic carbocycles. The van der Waals surface area contributed by atoms with Gasteiger partial charge in [-0.1, -0.05) is 0 Å². The fourth-order valence-corrected chi connectivity index (χ4v) is 1.91. The van der Waals surface area contributed by atoms with E-state index in [9.17, 15) is 14.4 Å². The maximum Gasteiger partial charge on any atom is 0.321 e. The number of hydrogen-bond donors (Lipinski definition) is 2. The molecule has 7 heteroatoms. The van der Waals surface area contributed by atoms with Crippen LogP contribution in [0, 0.1) is 5.92 Å². The molecule has 0 bridgehead atoms. The lowest BCUT2D eigenvalue weighted by Gasteiger charge is -2.14. The number of esters is 1. The summed E-state index contributed by atoms with van der Waals surface area (Å²) < 4.78 is 4.65. The summed E-state index contributed by atoms with van der Waals surface area (Å²) in [5.41, 5.74) is 0. The van der Waals surface area contributed by atoms with Gasteiger partial charge in [0.1, 0.15) is 0 Å². The zero-order chi connectivity index (χ0) is 13.5. The minimum absolute atomic E-state index is 0.116. The Morgan fingerprint density at radius 3 is 2.72 bits per heavy atom. The van der Waals surface area contributed by atoms with Crippen LogP contribution in [0.5, 0.6) is 0 Å². The standard InChI is InChI=1S/C11H19N3O4/c1-3-12-11(17)13-9(15)7-14-5-4-8(6-14)10(16)18-2/h8H,3-7H2,1-2H3,(H2,12,13,15,17). The predicted molar refractivity (Wildman–Crippen MR) is 63.8 cm³/mol. The van der Waals surface area contributed by atoms with Crippen molar-refractivity contribution in [3.8, 4) is 0 Å². The fourth-order valence-electron chi connectivity index (χ4n) is 1.91. The number of nitrogens with zero attached hydrogens (tertiary/aromatic N) is 1. The molecule has 0 aromatic carbocycles. The van der Waals surface area contributed by atoms with Crippen LogP contribution in [0.4, 0.5) is 4.79 Å². The normalized spacial score (nSPS) is 19.3. The summed E-state index contributed by atoms with van der Waals surface area (Å²) in [4.78, 5) is 35.7. The van der Waals surface area contributed by atoms with E-state index in [1.54, 1.807) is 6.92 Å². The Kier molecular flexibility index (Phi) is 5.57. The molecule has 1 unspecified atom stereocenters.